The predicted molar refractivity (Wildman–Crippen MR) is 283 cm³/mol. The zero-order valence-corrected chi connectivity index (χ0v) is 45.9. The molecule has 2 aromatic rings. The van der Waals surface area contributed by atoms with Crippen LogP contribution in [-0.2, 0) is 61.3 Å². The normalized spacial score (nSPS) is 23.7. The molecule has 410 valence electrons. The first kappa shape index (κ1) is 62.0. The number of hydrogen-bond donors (Lipinski definition) is 3. The van der Waals surface area contributed by atoms with E-state index in [9.17, 15) is 19.5 Å². The number of aliphatic hydroxyl groups excluding tert-OH is 1. The molecule has 16 nitrogen and oxygen atoms in total. The Kier molecular flexibility index (Phi) is 24.5. The number of aryl methyl sites for hydroxylation is 2. The van der Waals surface area contributed by atoms with E-state index in [1.54, 1.807) is 19.9 Å². The number of para-hydroxylation sites is 2. The number of rotatable bonds is 22. The molecule has 0 saturated heterocycles. The van der Waals surface area contributed by atoms with Gasteiger partial charge in [0.2, 0.25) is 0 Å². The number of fused-ring (bicyclic) bond motifs is 6. The molecule has 0 radical (unpaired) electrons. The molecule has 0 bridgehead atoms. The second-order valence-corrected chi connectivity index (χ2v) is 20.3. The Labute approximate surface area is 444 Å². The molecule has 2 heterocycles. The number of carbonyl (C=O) groups is 3. The molecule has 2 saturated carbocycles. The Bertz CT molecular complexity index is 2570. The smallest absolute Gasteiger partial charge is 0.394 e. The Morgan fingerprint density at radius 3 is 1.84 bits per heavy atom. The summed E-state index contributed by atoms with van der Waals surface area (Å²) in [5.41, 5.74) is 3.20. The lowest BCUT2D eigenvalue weighted by Gasteiger charge is -2.29. The fraction of sp³-hybridized carbons (Fsp3) is 0.586. The number of aliphatic hydroxyl groups is 1. The van der Waals surface area contributed by atoms with Gasteiger partial charge in [0.1, 0.15) is 23.7 Å². The minimum absolute atomic E-state index is 0.00412. The molecule has 2 unspecified atom stereocenters. The van der Waals surface area contributed by atoms with Crippen molar-refractivity contribution in [3.63, 3.8) is 0 Å². The van der Waals surface area contributed by atoms with Crippen LogP contribution in [0.1, 0.15) is 141 Å². The summed E-state index contributed by atoms with van der Waals surface area (Å²) in [5.74, 6) is 12.9. The van der Waals surface area contributed by atoms with Gasteiger partial charge in [-0.1, -0.05) is 62.4 Å². The number of ether oxygens (including phenoxy) is 7. The number of hydrogen-bond acceptors (Lipinski definition) is 13. The number of carbonyl (C=O) groups excluding carboxylic acids is 3. The molecule has 12 atom stereocenters. The molecular weight excluding hydrogens is 983 g/mol. The molecule has 2 fully saturated rings. The van der Waals surface area contributed by atoms with Gasteiger partial charge in [0.25, 0.3) is 0 Å². The van der Waals surface area contributed by atoms with Gasteiger partial charge in [-0.2, -0.15) is 8.42 Å². The van der Waals surface area contributed by atoms with Crippen LogP contribution in [0.3, 0.4) is 0 Å². The van der Waals surface area contributed by atoms with Gasteiger partial charge in [0.05, 0.1) is 38.4 Å². The summed E-state index contributed by atoms with van der Waals surface area (Å²) in [6.07, 6.45) is 12.3. The second kappa shape index (κ2) is 29.7. The molecule has 17 heteroatoms. The average Bonchev–Trinajstić information content (AvgIpc) is 4.10. The highest BCUT2D eigenvalue weighted by Gasteiger charge is 2.52. The van der Waals surface area contributed by atoms with E-state index in [2.05, 4.69) is 52.8 Å². The molecule has 3 N–H and O–H groups in total. The first-order valence-corrected chi connectivity index (χ1v) is 27.2. The standard InChI is InChI=1S/C33H45NO6.C25H30O5.H2O4S/c1-9-11-14-23(5)33(34-7,40-24(6)37-10-2)20-19-26-28(38-22(3)4)21-29-31(26)27-17-12-15-25(32(27)39-29)16-13-18-30(35)36-8;1-4-5-8-16(2)20(26)14-13-18-21(27)15-22-24(18)19-11-6-9-17(25(19)30-22)10-7-12-23(28)29-3;1-5(2,3)4/h12,15,17,19-20,22-24,26,28-29,31H,10,13-14,16,18,21H2,1-6,8H3;6,9,11,13-14,16,18,21-22,24,27H,7-8,10,12,15H2,1-3H3;(H2,1,2,3,4)/b20-19+;14-13+;/t23-,24?,26+,28-,29+,31+,33?;16-,18+,21-,22+,24+;/m11./s1. The van der Waals surface area contributed by atoms with Crippen LogP contribution in [0.25, 0.3) is 4.85 Å². The summed E-state index contributed by atoms with van der Waals surface area (Å²) < 4.78 is 72.3. The summed E-state index contributed by atoms with van der Waals surface area (Å²) in [6, 6.07) is 12.4. The van der Waals surface area contributed by atoms with Gasteiger partial charge in [0.15, 0.2) is 12.1 Å². The van der Waals surface area contributed by atoms with Crippen molar-refractivity contribution in [1.29, 1.82) is 0 Å². The Hall–Kier alpha value is -5.55. The van der Waals surface area contributed by atoms with Gasteiger partial charge in [0, 0.05) is 91.9 Å². The number of nitrogens with zero attached hydrogens (tertiary/aromatic N) is 1. The lowest BCUT2D eigenvalue weighted by Crippen LogP contribution is -2.38. The molecule has 4 aliphatic rings. The molecule has 75 heavy (non-hydrogen) atoms. The summed E-state index contributed by atoms with van der Waals surface area (Å²) in [4.78, 5) is 39.4. The van der Waals surface area contributed by atoms with E-state index >= 15 is 0 Å². The van der Waals surface area contributed by atoms with E-state index in [0.717, 1.165) is 53.0 Å². The van der Waals surface area contributed by atoms with Crippen LogP contribution in [0.2, 0.25) is 0 Å². The van der Waals surface area contributed by atoms with Crippen molar-refractivity contribution in [2.75, 3.05) is 20.8 Å². The first-order valence-electron chi connectivity index (χ1n) is 25.8. The SMILES string of the molecule is CC#CC[C@@H](C)C(=O)/C=C/[C@@H]1[C@H]2c3cccc(CCCC(=O)OC)c3O[C@H]2C[C@H]1O.O=S(=O)(O)O.[C-]#[N+]C(/C=C/[C@@H]1[C@H]2c3cccc(CCCC(=O)OC)c3O[C@H]2C[C@H]1OC(C)C)(OC(C)OCC)[C@H](C)CC#CC. The van der Waals surface area contributed by atoms with Crippen molar-refractivity contribution >= 4 is 28.1 Å². The number of esters is 2. The molecule has 0 aromatic heterocycles. The third-order valence-electron chi connectivity index (χ3n) is 13.8. The predicted octanol–water partition coefficient (Wildman–Crippen LogP) is 9.39. The van der Waals surface area contributed by atoms with E-state index in [0.29, 0.717) is 51.6 Å². The Morgan fingerprint density at radius 2 is 1.35 bits per heavy atom. The number of allylic oxidation sites excluding steroid dienone is 1. The van der Waals surface area contributed by atoms with Gasteiger partial charge in [-0.3, -0.25) is 33.1 Å². The van der Waals surface area contributed by atoms with Gasteiger partial charge in [-0.15, -0.1) is 23.7 Å². The molecule has 2 aliphatic carbocycles. The highest BCUT2D eigenvalue weighted by molar-refractivity contribution is 7.79. The van der Waals surface area contributed by atoms with Crippen LogP contribution in [0.5, 0.6) is 11.5 Å². The lowest BCUT2D eigenvalue weighted by atomic mass is 9.85. The van der Waals surface area contributed by atoms with Crippen LogP contribution in [-0.4, -0.2) is 104 Å². The Morgan fingerprint density at radius 1 is 0.827 bits per heavy atom. The third kappa shape index (κ3) is 17.8. The van der Waals surface area contributed by atoms with Crippen LogP contribution >= 0.6 is 0 Å². The molecule has 0 spiro atoms. The molecule has 2 aliphatic heterocycles. The molecular formula is C58H77NO15S. The fourth-order valence-electron chi connectivity index (χ4n) is 10.3. The summed E-state index contributed by atoms with van der Waals surface area (Å²) in [7, 11) is -1.85. The van der Waals surface area contributed by atoms with Crippen molar-refractivity contribution in [3.05, 3.63) is 94.4 Å². The van der Waals surface area contributed by atoms with E-state index in [4.69, 9.17) is 57.3 Å². The highest BCUT2D eigenvalue weighted by Crippen LogP contribution is 2.54. The number of benzene rings is 2. The topological polar surface area (TPSA) is 215 Å². The maximum Gasteiger partial charge on any atom is 0.394 e. The zero-order chi connectivity index (χ0) is 55.5. The van der Waals surface area contributed by atoms with Gasteiger partial charge >= 0.3 is 28.1 Å². The van der Waals surface area contributed by atoms with Gasteiger partial charge < -0.3 is 33.5 Å². The fourth-order valence-corrected chi connectivity index (χ4v) is 10.3. The van der Waals surface area contributed by atoms with Gasteiger partial charge in [-0.05, 0) is 84.4 Å². The second-order valence-electron chi connectivity index (χ2n) is 19.4. The van der Waals surface area contributed by atoms with Crippen LogP contribution in [0.15, 0.2) is 60.7 Å². The van der Waals surface area contributed by atoms with E-state index < -0.39 is 28.5 Å². The van der Waals surface area contributed by atoms with Crippen molar-refractivity contribution in [3.8, 4) is 35.2 Å². The maximum atomic E-state index is 12.4. The lowest BCUT2D eigenvalue weighted by molar-refractivity contribution is -0.182. The van der Waals surface area contributed by atoms with E-state index in [1.807, 2.05) is 71.9 Å². The number of ketones is 1. The summed E-state index contributed by atoms with van der Waals surface area (Å²) in [6.45, 7) is 24.0. The van der Waals surface area contributed by atoms with Crippen LogP contribution < -0.4 is 9.47 Å². The largest absolute Gasteiger partial charge is 0.489 e. The Balaban J connectivity index is 0.000000307. The zero-order valence-electron chi connectivity index (χ0n) is 45.1. The van der Waals surface area contributed by atoms with Crippen molar-refractivity contribution in [1.82, 2.24) is 0 Å². The quantitative estimate of drug-likeness (QED) is 0.0190. The average molecular weight is 1060 g/mol. The minimum Gasteiger partial charge on any atom is -0.489 e. The molecule has 6 rings (SSSR count). The van der Waals surface area contributed by atoms with Crippen molar-refractivity contribution in [2.45, 2.75) is 174 Å². The monoisotopic (exact) mass is 1060 g/mol. The molecule has 2 aromatic carbocycles. The van der Waals surface area contributed by atoms with Crippen LogP contribution in [0.4, 0.5) is 0 Å². The summed E-state index contributed by atoms with van der Waals surface area (Å²) in [5, 5.41) is 10.6. The van der Waals surface area contributed by atoms with Crippen molar-refractivity contribution in [2.24, 2.45) is 23.7 Å². The minimum atomic E-state index is -4.67. The maximum absolute atomic E-state index is 12.4. The van der Waals surface area contributed by atoms with E-state index in [1.165, 1.54) is 14.2 Å². The highest BCUT2D eigenvalue weighted by atomic mass is 32.3. The third-order valence-corrected chi connectivity index (χ3v) is 13.8. The van der Waals surface area contributed by atoms with E-state index in [-0.39, 0.29) is 77.6 Å². The summed E-state index contributed by atoms with van der Waals surface area (Å²) >= 11 is 0. The van der Waals surface area contributed by atoms with Gasteiger partial charge in [-0.25, -0.2) is 6.57 Å². The first-order chi connectivity index (χ1) is 35.6. The van der Waals surface area contributed by atoms with Crippen molar-refractivity contribution < 1.29 is 70.2 Å². The molecule has 0 amide bonds. The van der Waals surface area contributed by atoms with Crippen LogP contribution in [0, 0.1) is 53.9 Å². The number of methoxy groups -OCH3 is 2.